The lowest BCUT2D eigenvalue weighted by Gasteiger charge is -2.20. The summed E-state index contributed by atoms with van der Waals surface area (Å²) < 4.78 is 11.0. The number of carbonyl (C=O) groups excluding carboxylic acids is 1. The van der Waals surface area contributed by atoms with Gasteiger partial charge < -0.3 is 14.1 Å². The molecule has 0 saturated carbocycles. The molecule has 6 heteroatoms. The summed E-state index contributed by atoms with van der Waals surface area (Å²) in [6.45, 7) is 0. The monoisotopic (exact) mass is 355 g/mol. The zero-order valence-electron chi connectivity index (χ0n) is 13.6. The predicted octanol–water partition coefficient (Wildman–Crippen LogP) is 3.63. The molecular weight excluding hydrogens is 342 g/mol. The highest BCUT2D eigenvalue weighted by atomic mass is 35.5. The van der Waals surface area contributed by atoms with Gasteiger partial charge in [0.1, 0.15) is 11.3 Å². The zero-order valence-corrected chi connectivity index (χ0v) is 14.3. The van der Waals surface area contributed by atoms with Crippen LogP contribution in [0, 0.1) is 0 Å². The first-order valence-corrected chi connectivity index (χ1v) is 8.06. The van der Waals surface area contributed by atoms with Gasteiger partial charge in [0.25, 0.3) is 5.91 Å². The molecule has 2 heterocycles. The van der Waals surface area contributed by atoms with Crippen LogP contribution in [-0.2, 0) is 0 Å². The van der Waals surface area contributed by atoms with Crippen molar-refractivity contribution in [2.45, 2.75) is 6.04 Å². The van der Waals surface area contributed by atoms with Crippen molar-refractivity contribution in [3.05, 3.63) is 74.6 Å². The maximum atomic E-state index is 13.1. The molecule has 0 fully saturated rings. The Morgan fingerprint density at radius 3 is 2.72 bits per heavy atom. The van der Waals surface area contributed by atoms with Crippen molar-refractivity contribution in [2.24, 2.45) is 0 Å². The van der Waals surface area contributed by atoms with E-state index in [9.17, 15) is 9.59 Å². The average Bonchev–Trinajstić information content (AvgIpc) is 2.87. The van der Waals surface area contributed by atoms with E-state index in [0.29, 0.717) is 27.3 Å². The Kier molecular flexibility index (Phi) is 3.54. The van der Waals surface area contributed by atoms with Gasteiger partial charge in [-0.1, -0.05) is 23.7 Å². The molecule has 1 aliphatic rings. The van der Waals surface area contributed by atoms with Crippen LogP contribution in [0.1, 0.15) is 27.7 Å². The minimum absolute atomic E-state index is 0.0788. The summed E-state index contributed by atoms with van der Waals surface area (Å²) in [5.41, 5.74) is 1.21. The number of hydrogen-bond acceptors (Lipinski definition) is 4. The molecular formula is C19H14ClNO4. The fraction of sp³-hybridized carbons (Fsp3) is 0.158. The van der Waals surface area contributed by atoms with Crippen molar-refractivity contribution in [1.29, 1.82) is 0 Å². The van der Waals surface area contributed by atoms with Gasteiger partial charge in [-0.15, -0.1) is 0 Å². The van der Waals surface area contributed by atoms with Crippen molar-refractivity contribution < 1.29 is 13.9 Å². The molecule has 0 N–H and O–H groups in total. The van der Waals surface area contributed by atoms with Crippen LogP contribution >= 0.6 is 11.6 Å². The molecule has 5 nitrogen and oxygen atoms in total. The third kappa shape index (κ3) is 2.31. The molecule has 0 saturated heterocycles. The average molecular weight is 356 g/mol. The molecule has 1 aromatic heterocycles. The summed E-state index contributed by atoms with van der Waals surface area (Å²) in [5, 5.41) is 0.803. The Labute approximate surface area is 148 Å². The van der Waals surface area contributed by atoms with Crippen molar-refractivity contribution in [3.8, 4) is 5.75 Å². The standard InChI is InChI=1S/C19H14ClNO4/c1-21-16(10-4-3-5-12(8-10)24-2)15-17(22)13-9-11(20)6-7-14(13)25-18(15)19(21)23/h3-9,16H,1-2H3. The number of fused-ring (bicyclic) bond motifs is 2. The van der Waals surface area contributed by atoms with E-state index in [2.05, 4.69) is 0 Å². The van der Waals surface area contributed by atoms with E-state index < -0.39 is 6.04 Å². The molecule has 1 atom stereocenters. The van der Waals surface area contributed by atoms with Crippen LogP contribution in [-0.4, -0.2) is 25.0 Å². The maximum Gasteiger partial charge on any atom is 0.290 e. The van der Waals surface area contributed by atoms with Crippen LogP contribution in [0.25, 0.3) is 11.0 Å². The molecule has 1 unspecified atom stereocenters. The summed E-state index contributed by atoms with van der Waals surface area (Å²) in [5.74, 6) is 0.409. The lowest BCUT2D eigenvalue weighted by Crippen LogP contribution is -2.25. The molecule has 4 rings (SSSR count). The fourth-order valence-corrected chi connectivity index (χ4v) is 3.43. The summed E-state index contributed by atoms with van der Waals surface area (Å²) in [7, 11) is 3.22. The number of halogens is 1. The largest absolute Gasteiger partial charge is 0.497 e. The number of ether oxygens (including phenoxy) is 1. The van der Waals surface area contributed by atoms with Crippen LogP contribution in [0.5, 0.6) is 5.75 Å². The van der Waals surface area contributed by atoms with Crippen molar-refractivity contribution in [3.63, 3.8) is 0 Å². The second-order valence-electron chi connectivity index (χ2n) is 5.91. The van der Waals surface area contributed by atoms with Gasteiger partial charge in [0.05, 0.1) is 24.1 Å². The van der Waals surface area contributed by atoms with Gasteiger partial charge in [-0.25, -0.2) is 0 Å². The molecule has 0 radical (unpaired) electrons. The van der Waals surface area contributed by atoms with Gasteiger partial charge in [0.15, 0.2) is 5.43 Å². The second-order valence-corrected chi connectivity index (χ2v) is 6.35. The number of rotatable bonds is 2. The van der Waals surface area contributed by atoms with Gasteiger partial charge in [0, 0.05) is 12.1 Å². The van der Waals surface area contributed by atoms with E-state index in [1.54, 1.807) is 32.4 Å². The molecule has 1 amide bonds. The van der Waals surface area contributed by atoms with Gasteiger partial charge in [-0.3, -0.25) is 9.59 Å². The summed E-state index contributed by atoms with van der Waals surface area (Å²) in [6.07, 6.45) is 0. The molecule has 0 bridgehead atoms. The molecule has 2 aromatic carbocycles. The van der Waals surface area contributed by atoms with Crippen LogP contribution < -0.4 is 10.2 Å². The number of carbonyl (C=O) groups is 1. The van der Waals surface area contributed by atoms with Crippen LogP contribution in [0.15, 0.2) is 51.7 Å². The first kappa shape index (κ1) is 15.7. The molecule has 1 aliphatic heterocycles. The van der Waals surface area contributed by atoms with E-state index in [4.69, 9.17) is 20.8 Å². The van der Waals surface area contributed by atoms with Crippen LogP contribution in [0.3, 0.4) is 0 Å². The van der Waals surface area contributed by atoms with Crippen molar-refractivity contribution in [1.82, 2.24) is 4.90 Å². The molecule has 126 valence electrons. The highest BCUT2D eigenvalue weighted by molar-refractivity contribution is 6.31. The third-order valence-corrected chi connectivity index (χ3v) is 4.71. The van der Waals surface area contributed by atoms with Crippen LogP contribution in [0.2, 0.25) is 5.02 Å². The van der Waals surface area contributed by atoms with Crippen molar-refractivity contribution >= 4 is 28.5 Å². The number of benzene rings is 2. The molecule has 3 aromatic rings. The Hall–Kier alpha value is -2.79. The smallest absolute Gasteiger partial charge is 0.290 e. The van der Waals surface area contributed by atoms with Gasteiger partial charge in [-0.05, 0) is 35.9 Å². The second kappa shape index (κ2) is 5.63. The normalized spacial score (nSPS) is 16.4. The lowest BCUT2D eigenvalue weighted by atomic mass is 9.98. The van der Waals surface area contributed by atoms with E-state index in [1.807, 2.05) is 24.3 Å². The highest BCUT2D eigenvalue weighted by Gasteiger charge is 2.40. The third-order valence-electron chi connectivity index (χ3n) is 4.47. The van der Waals surface area contributed by atoms with Gasteiger partial charge in [0.2, 0.25) is 5.76 Å². The Morgan fingerprint density at radius 1 is 1.16 bits per heavy atom. The van der Waals surface area contributed by atoms with Gasteiger partial charge in [-0.2, -0.15) is 0 Å². The Balaban J connectivity index is 2.01. The number of amides is 1. The van der Waals surface area contributed by atoms with E-state index in [1.165, 1.54) is 4.90 Å². The van der Waals surface area contributed by atoms with E-state index in [-0.39, 0.29) is 17.1 Å². The van der Waals surface area contributed by atoms with E-state index >= 15 is 0 Å². The summed E-state index contributed by atoms with van der Waals surface area (Å²) in [6, 6.07) is 11.6. The SMILES string of the molecule is COc1cccc(C2c3c(oc4ccc(Cl)cc4c3=O)C(=O)N2C)c1. The highest BCUT2D eigenvalue weighted by Crippen LogP contribution is 2.38. The summed E-state index contributed by atoms with van der Waals surface area (Å²) in [4.78, 5) is 27.2. The number of methoxy groups -OCH3 is 1. The first-order chi connectivity index (χ1) is 12.0. The molecule has 25 heavy (non-hydrogen) atoms. The van der Waals surface area contributed by atoms with Crippen LogP contribution in [0.4, 0.5) is 0 Å². The number of nitrogens with zero attached hydrogens (tertiary/aromatic N) is 1. The fourth-order valence-electron chi connectivity index (χ4n) is 3.26. The topological polar surface area (TPSA) is 59.8 Å². The summed E-state index contributed by atoms with van der Waals surface area (Å²) >= 11 is 6.02. The molecule has 0 aliphatic carbocycles. The quantitative estimate of drug-likeness (QED) is 0.704. The maximum absolute atomic E-state index is 13.1. The lowest BCUT2D eigenvalue weighted by molar-refractivity contribution is 0.0771. The minimum Gasteiger partial charge on any atom is -0.497 e. The number of hydrogen-bond donors (Lipinski definition) is 0. The predicted molar refractivity (Wildman–Crippen MR) is 94.4 cm³/mol. The zero-order chi connectivity index (χ0) is 17.7. The van der Waals surface area contributed by atoms with Gasteiger partial charge >= 0.3 is 0 Å². The Bertz CT molecular complexity index is 1070. The Morgan fingerprint density at radius 2 is 1.96 bits per heavy atom. The van der Waals surface area contributed by atoms with Crippen molar-refractivity contribution in [2.75, 3.05) is 14.2 Å². The first-order valence-electron chi connectivity index (χ1n) is 7.68. The molecule has 0 spiro atoms. The minimum atomic E-state index is -0.530. The van der Waals surface area contributed by atoms with E-state index in [0.717, 1.165) is 5.56 Å².